The van der Waals surface area contributed by atoms with Crippen molar-refractivity contribution in [1.82, 2.24) is 14.9 Å². The molecule has 5 aromatic rings. The van der Waals surface area contributed by atoms with E-state index in [1.165, 1.54) is 6.07 Å². The molecule has 1 aliphatic rings. The van der Waals surface area contributed by atoms with Gasteiger partial charge in [0.15, 0.2) is 5.11 Å². The first kappa shape index (κ1) is 24.3. The second-order valence-electron chi connectivity index (χ2n) is 8.99. The molecular weight excluding hydrogens is 510 g/mol. The highest BCUT2D eigenvalue weighted by Crippen LogP contribution is 2.42. The van der Waals surface area contributed by atoms with Crippen molar-refractivity contribution in [3.05, 3.63) is 143 Å². The zero-order valence-corrected chi connectivity index (χ0v) is 21.4. The fourth-order valence-corrected chi connectivity index (χ4v) is 5.21. The van der Waals surface area contributed by atoms with Gasteiger partial charge < -0.3 is 19.5 Å². The maximum Gasteiger partial charge on any atom is 0.271 e. The maximum absolute atomic E-state index is 11.5. The average Bonchev–Trinajstić information content (AvgIpc) is 3.59. The number of hydrogen-bond donors (Lipinski definition) is 1. The van der Waals surface area contributed by atoms with Crippen LogP contribution in [0.4, 0.5) is 11.4 Å². The van der Waals surface area contributed by atoms with E-state index in [2.05, 4.69) is 15.2 Å². The smallest absolute Gasteiger partial charge is 0.271 e. The minimum atomic E-state index is -0.388. The number of nitrogens with one attached hydrogen (secondary N) is 1. The molecular formula is C30H23N5O3S. The molecule has 0 radical (unpaired) electrons. The first-order valence-electron chi connectivity index (χ1n) is 12.3. The lowest BCUT2D eigenvalue weighted by atomic mass is 10.0. The van der Waals surface area contributed by atoms with Crippen molar-refractivity contribution in [3.63, 3.8) is 0 Å². The van der Waals surface area contributed by atoms with Crippen LogP contribution in [0.25, 0.3) is 5.69 Å². The number of nitro groups is 1. The summed E-state index contributed by atoms with van der Waals surface area (Å²) in [4.78, 5) is 17.8. The number of non-ortho nitro benzene ring substituents is 1. The predicted molar refractivity (Wildman–Crippen MR) is 153 cm³/mol. The second-order valence-corrected chi connectivity index (χ2v) is 9.37. The van der Waals surface area contributed by atoms with Gasteiger partial charge in [0.25, 0.3) is 5.69 Å². The summed E-state index contributed by atoms with van der Waals surface area (Å²) < 4.78 is 7.95. The van der Waals surface area contributed by atoms with E-state index in [1.54, 1.807) is 18.3 Å². The molecule has 0 bridgehead atoms. The Balaban J connectivity index is 1.41. The van der Waals surface area contributed by atoms with Crippen LogP contribution in [-0.2, 0) is 0 Å². The van der Waals surface area contributed by atoms with Crippen LogP contribution in [0.3, 0.4) is 0 Å². The van der Waals surface area contributed by atoms with Crippen LogP contribution in [0, 0.1) is 10.1 Å². The van der Waals surface area contributed by atoms with E-state index >= 15 is 0 Å². The minimum absolute atomic E-state index is 0.0272. The highest BCUT2D eigenvalue weighted by molar-refractivity contribution is 7.80. The number of anilines is 1. The van der Waals surface area contributed by atoms with Gasteiger partial charge in [0.05, 0.1) is 22.3 Å². The zero-order valence-electron chi connectivity index (χ0n) is 20.6. The van der Waals surface area contributed by atoms with Gasteiger partial charge in [-0.15, -0.1) is 0 Å². The summed E-state index contributed by atoms with van der Waals surface area (Å²) in [6.07, 6.45) is 3.66. The van der Waals surface area contributed by atoms with Crippen LogP contribution in [0.2, 0.25) is 0 Å². The number of nitro benzene ring substituents is 1. The van der Waals surface area contributed by atoms with E-state index in [-0.39, 0.29) is 22.7 Å². The lowest BCUT2D eigenvalue weighted by Crippen LogP contribution is -2.30. The molecule has 0 spiro atoms. The van der Waals surface area contributed by atoms with Crippen LogP contribution in [0.5, 0.6) is 11.5 Å². The molecule has 2 aromatic heterocycles. The monoisotopic (exact) mass is 533 g/mol. The number of hydrogen-bond acceptors (Lipinski definition) is 5. The molecule has 8 nitrogen and oxygen atoms in total. The van der Waals surface area contributed by atoms with Gasteiger partial charge in [-0.05, 0) is 78.9 Å². The van der Waals surface area contributed by atoms with Crippen molar-refractivity contribution in [3.8, 4) is 17.2 Å². The Morgan fingerprint density at radius 2 is 1.62 bits per heavy atom. The highest BCUT2D eigenvalue weighted by Gasteiger charge is 2.42. The molecule has 0 unspecified atom stereocenters. The summed E-state index contributed by atoms with van der Waals surface area (Å²) in [5, 5.41) is 15.5. The summed E-state index contributed by atoms with van der Waals surface area (Å²) in [7, 11) is 0. The summed E-state index contributed by atoms with van der Waals surface area (Å²) in [6, 6.07) is 33.2. The Hall–Kier alpha value is -5.02. The molecule has 1 fully saturated rings. The van der Waals surface area contributed by atoms with E-state index in [9.17, 15) is 10.1 Å². The third-order valence-corrected chi connectivity index (χ3v) is 6.91. The van der Waals surface area contributed by atoms with Crippen molar-refractivity contribution < 1.29 is 9.66 Å². The van der Waals surface area contributed by atoms with Crippen LogP contribution < -0.4 is 15.0 Å². The lowest BCUT2D eigenvalue weighted by Gasteiger charge is -2.29. The predicted octanol–water partition coefficient (Wildman–Crippen LogP) is 6.75. The molecule has 3 heterocycles. The van der Waals surface area contributed by atoms with E-state index < -0.39 is 0 Å². The largest absolute Gasteiger partial charge is 0.457 e. The van der Waals surface area contributed by atoms with Crippen LogP contribution in [-0.4, -0.2) is 19.6 Å². The summed E-state index contributed by atoms with van der Waals surface area (Å²) >= 11 is 5.86. The van der Waals surface area contributed by atoms with Crippen molar-refractivity contribution in [2.75, 3.05) is 4.90 Å². The van der Waals surface area contributed by atoms with Gasteiger partial charge in [0, 0.05) is 35.9 Å². The van der Waals surface area contributed by atoms with Gasteiger partial charge in [-0.2, -0.15) is 0 Å². The topological polar surface area (TPSA) is 85.5 Å². The van der Waals surface area contributed by atoms with E-state index in [1.807, 2.05) is 102 Å². The number of pyridine rings is 1. The highest BCUT2D eigenvalue weighted by atomic mass is 32.1. The Morgan fingerprint density at radius 3 is 2.36 bits per heavy atom. The fraction of sp³-hybridized carbons (Fsp3) is 0.0667. The molecule has 0 saturated carbocycles. The molecule has 1 aliphatic heterocycles. The van der Waals surface area contributed by atoms with Gasteiger partial charge in [-0.3, -0.25) is 15.1 Å². The SMILES string of the molecule is O=[N+]([O-])c1cccc(-n2cccc2[C@@H]2[C@@H](c3ccccn3)NC(=S)N2c2ccc(Oc3ccccc3)cc2)c1. The van der Waals surface area contributed by atoms with Crippen molar-refractivity contribution in [2.45, 2.75) is 12.1 Å². The maximum atomic E-state index is 11.5. The number of rotatable bonds is 7. The van der Waals surface area contributed by atoms with Gasteiger partial charge in [-0.25, -0.2) is 0 Å². The van der Waals surface area contributed by atoms with E-state index in [4.69, 9.17) is 17.0 Å². The quantitative estimate of drug-likeness (QED) is 0.141. The number of thiocarbonyl (C=S) groups is 1. The van der Waals surface area contributed by atoms with E-state index in [0.29, 0.717) is 16.5 Å². The fourth-order valence-electron chi connectivity index (χ4n) is 4.86. The third kappa shape index (κ3) is 4.83. The normalized spacial score (nSPS) is 16.6. The summed E-state index contributed by atoms with van der Waals surface area (Å²) in [5.74, 6) is 1.47. The molecule has 9 heteroatoms. The molecule has 2 atom stereocenters. The van der Waals surface area contributed by atoms with Crippen LogP contribution in [0.1, 0.15) is 23.5 Å². The van der Waals surface area contributed by atoms with Crippen LogP contribution in [0.15, 0.2) is 122 Å². The Bertz CT molecular complexity index is 1620. The second kappa shape index (κ2) is 10.4. The third-order valence-electron chi connectivity index (χ3n) is 6.59. The van der Waals surface area contributed by atoms with Gasteiger partial charge in [0.1, 0.15) is 17.5 Å². The summed E-state index contributed by atoms with van der Waals surface area (Å²) in [5.41, 5.74) is 3.34. The number of ether oxygens (including phenoxy) is 1. The Morgan fingerprint density at radius 1 is 0.846 bits per heavy atom. The van der Waals surface area contributed by atoms with Crippen molar-refractivity contribution in [1.29, 1.82) is 0 Å². The van der Waals surface area contributed by atoms with Crippen molar-refractivity contribution >= 4 is 28.7 Å². The first-order valence-corrected chi connectivity index (χ1v) is 12.7. The van der Waals surface area contributed by atoms with E-state index in [0.717, 1.165) is 22.8 Å². The van der Waals surface area contributed by atoms with Crippen LogP contribution >= 0.6 is 12.2 Å². The lowest BCUT2D eigenvalue weighted by molar-refractivity contribution is -0.384. The molecule has 39 heavy (non-hydrogen) atoms. The molecule has 1 saturated heterocycles. The molecule has 0 amide bonds. The molecule has 6 rings (SSSR count). The number of nitrogens with zero attached hydrogens (tertiary/aromatic N) is 4. The number of benzene rings is 3. The summed E-state index contributed by atoms with van der Waals surface area (Å²) in [6.45, 7) is 0. The number of aromatic nitrogens is 2. The van der Waals surface area contributed by atoms with Crippen molar-refractivity contribution in [2.24, 2.45) is 0 Å². The average molecular weight is 534 g/mol. The van der Waals surface area contributed by atoms with Gasteiger partial charge >= 0.3 is 0 Å². The molecule has 3 aromatic carbocycles. The Labute approximate surface area is 230 Å². The standard InChI is InChI=1S/C30H23N5O3S/c36-35(37)23-9-6-8-22(20-23)33-19-7-13-27(33)29-28(26-12-4-5-18-31-26)32-30(39)34(29)21-14-16-25(17-15-21)38-24-10-2-1-3-11-24/h1-20,28-29H,(H,32,39)/t28-,29-/m1/s1. The molecule has 192 valence electrons. The first-order chi connectivity index (χ1) is 19.1. The van der Waals surface area contributed by atoms with Gasteiger partial charge in [0.2, 0.25) is 0 Å². The minimum Gasteiger partial charge on any atom is -0.457 e. The van der Waals surface area contributed by atoms with Gasteiger partial charge in [-0.1, -0.05) is 30.3 Å². The Kier molecular flexibility index (Phi) is 6.48. The molecule has 1 N–H and O–H groups in total. The zero-order chi connectivity index (χ0) is 26.8. The number of para-hydroxylation sites is 1. The molecule has 0 aliphatic carbocycles.